The fourth-order valence-corrected chi connectivity index (χ4v) is 4.87. The summed E-state index contributed by atoms with van der Waals surface area (Å²) in [5, 5.41) is 2.92. The van der Waals surface area contributed by atoms with Gasteiger partial charge < -0.3 is 5.32 Å². The van der Waals surface area contributed by atoms with Gasteiger partial charge in [-0.3, -0.25) is 4.79 Å². The van der Waals surface area contributed by atoms with E-state index in [4.69, 9.17) is 0 Å². The topological polar surface area (TPSA) is 66.5 Å². The summed E-state index contributed by atoms with van der Waals surface area (Å²) < 4.78 is 40.1. The average molecular weight is 405 g/mol. The van der Waals surface area contributed by atoms with Gasteiger partial charge in [-0.15, -0.1) is 0 Å². The number of carbonyl (C=O) groups excluding carboxylic acids is 1. The number of piperidine rings is 1. The standard InChI is InChI=1S/C21H25FN2O3S/c1-15(2)16-5-3-7-19(13-16)23-21(25)17-6-4-12-24(14-17)28(26,27)20-10-8-18(22)9-11-20/h3,5,7-11,13,15,17H,4,6,12,14H2,1-2H3,(H,23,25)/t17-/m1/s1. The third-order valence-corrected chi connectivity index (χ3v) is 6.91. The van der Waals surface area contributed by atoms with E-state index in [2.05, 4.69) is 19.2 Å². The third kappa shape index (κ3) is 4.59. The molecule has 1 heterocycles. The Labute approximate surface area is 165 Å². The van der Waals surface area contributed by atoms with Gasteiger partial charge in [0.2, 0.25) is 15.9 Å². The lowest BCUT2D eigenvalue weighted by atomic mass is 9.98. The SMILES string of the molecule is CC(C)c1cccc(NC(=O)[C@@H]2CCCN(S(=O)(=O)c3ccc(F)cc3)C2)c1. The minimum absolute atomic E-state index is 0.0413. The second-order valence-corrected chi connectivity index (χ2v) is 9.36. The Hall–Kier alpha value is -2.25. The molecule has 1 amide bonds. The van der Waals surface area contributed by atoms with Crippen LogP contribution in [0.25, 0.3) is 0 Å². The monoisotopic (exact) mass is 404 g/mol. The van der Waals surface area contributed by atoms with Gasteiger partial charge in [-0.2, -0.15) is 4.31 Å². The summed E-state index contributed by atoms with van der Waals surface area (Å²) >= 11 is 0. The number of benzene rings is 2. The third-order valence-electron chi connectivity index (χ3n) is 5.03. The zero-order chi connectivity index (χ0) is 20.3. The Morgan fingerprint density at radius 3 is 2.57 bits per heavy atom. The summed E-state index contributed by atoms with van der Waals surface area (Å²) in [5.41, 5.74) is 1.84. The lowest BCUT2D eigenvalue weighted by molar-refractivity contribution is -0.120. The van der Waals surface area contributed by atoms with Crippen molar-refractivity contribution in [2.75, 3.05) is 18.4 Å². The van der Waals surface area contributed by atoms with Crippen LogP contribution in [-0.2, 0) is 14.8 Å². The van der Waals surface area contributed by atoms with Crippen molar-refractivity contribution in [1.29, 1.82) is 0 Å². The van der Waals surface area contributed by atoms with E-state index in [-0.39, 0.29) is 17.3 Å². The molecule has 1 aliphatic heterocycles. The van der Waals surface area contributed by atoms with Gasteiger partial charge in [0.15, 0.2) is 0 Å². The first-order valence-corrected chi connectivity index (χ1v) is 10.9. The van der Waals surface area contributed by atoms with Crippen LogP contribution in [0.5, 0.6) is 0 Å². The number of halogens is 1. The highest BCUT2D eigenvalue weighted by atomic mass is 32.2. The zero-order valence-corrected chi connectivity index (χ0v) is 16.9. The molecule has 0 aliphatic carbocycles. The number of nitrogens with zero attached hydrogens (tertiary/aromatic N) is 1. The summed E-state index contributed by atoms with van der Waals surface area (Å²) in [7, 11) is -3.75. The smallest absolute Gasteiger partial charge is 0.243 e. The van der Waals surface area contributed by atoms with Crippen LogP contribution >= 0.6 is 0 Å². The zero-order valence-electron chi connectivity index (χ0n) is 16.1. The number of rotatable bonds is 5. The van der Waals surface area contributed by atoms with Crippen molar-refractivity contribution < 1.29 is 17.6 Å². The van der Waals surface area contributed by atoms with Gasteiger partial charge in [0.25, 0.3) is 0 Å². The maximum Gasteiger partial charge on any atom is 0.243 e. The maximum atomic E-state index is 13.1. The van der Waals surface area contributed by atoms with Crippen LogP contribution in [0.15, 0.2) is 53.4 Å². The van der Waals surface area contributed by atoms with Gasteiger partial charge in [-0.1, -0.05) is 26.0 Å². The highest BCUT2D eigenvalue weighted by molar-refractivity contribution is 7.89. The molecule has 0 saturated carbocycles. The quantitative estimate of drug-likeness (QED) is 0.819. The molecular weight excluding hydrogens is 379 g/mol. The minimum Gasteiger partial charge on any atom is -0.326 e. The van der Waals surface area contributed by atoms with Crippen molar-refractivity contribution in [3.05, 3.63) is 59.9 Å². The number of sulfonamides is 1. The second-order valence-electron chi connectivity index (χ2n) is 7.43. The van der Waals surface area contributed by atoms with Crippen LogP contribution in [0.4, 0.5) is 10.1 Å². The van der Waals surface area contributed by atoms with Crippen molar-refractivity contribution in [3.8, 4) is 0 Å². The van der Waals surface area contributed by atoms with Crippen LogP contribution in [0.1, 0.15) is 38.2 Å². The van der Waals surface area contributed by atoms with Gasteiger partial charge >= 0.3 is 0 Å². The molecule has 0 aromatic heterocycles. The summed E-state index contributed by atoms with van der Waals surface area (Å²) in [5.74, 6) is -0.743. The van der Waals surface area contributed by atoms with E-state index >= 15 is 0 Å². The molecule has 0 unspecified atom stereocenters. The number of anilines is 1. The number of carbonyl (C=O) groups is 1. The summed E-state index contributed by atoms with van der Waals surface area (Å²) in [4.78, 5) is 12.8. The Kier molecular flexibility index (Phi) is 6.15. The van der Waals surface area contributed by atoms with E-state index < -0.39 is 21.8 Å². The first-order valence-electron chi connectivity index (χ1n) is 9.44. The summed E-state index contributed by atoms with van der Waals surface area (Å²) in [6.07, 6.45) is 1.23. The predicted molar refractivity (Wildman–Crippen MR) is 107 cm³/mol. The molecular formula is C21H25FN2O3S. The molecule has 28 heavy (non-hydrogen) atoms. The Bertz CT molecular complexity index is 942. The molecule has 2 aromatic rings. The normalized spacial score (nSPS) is 18.2. The van der Waals surface area contributed by atoms with Crippen molar-refractivity contribution >= 4 is 21.6 Å². The van der Waals surface area contributed by atoms with Crippen LogP contribution in [0.3, 0.4) is 0 Å². The maximum absolute atomic E-state index is 13.1. The van der Waals surface area contributed by atoms with E-state index in [9.17, 15) is 17.6 Å². The Balaban J connectivity index is 1.71. The van der Waals surface area contributed by atoms with E-state index in [0.717, 1.165) is 23.4 Å². The molecule has 1 N–H and O–H groups in total. The lowest BCUT2D eigenvalue weighted by Crippen LogP contribution is -2.43. The summed E-state index contributed by atoms with van der Waals surface area (Å²) in [6.45, 7) is 4.64. The molecule has 1 fully saturated rings. The van der Waals surface area contributed by atoms with Crippen LogP contribution < -0.4 is 5.32 Å². The number of hydrogen-bond donors (Lipinski definition) is 1. The van der Waals surface area contributed by atoms with Crippen LogP contribution in [-0.4, -0.2) is 31.7 Å². The average Bonchev–Trinajstić information content (AvgIpc) is 2.68. The van der Waals surface area contributed by atoms with E-state index in [1.807, 2.05) is 24.3 Å². The molecule has 1 aliphatic rings. The number of hydrogen-bond acceptors (Lipinski definition) is 3. The molecule has 1 saturated heterocycles. The van der Waals surface area contributed by atoms with Crippen molar-refractivity contribution in [2.24, 2.45) is 5.92 Å². The molecule has 150 valence electrons. The van der Waals surface area contributed by atoms with Gasteiger partial charge in [-0.25, -0.2) is 12.8 Å². The number of nitrogens with one attached hydrogen (secondary N) is 1. The molecule has 3 rings (SSSR count). The van der Waals surface area contributed by atoms with Gasteiger partial charge in [0.05, 0.1) is 10.8 Å². The molecule has 5 nitrogen and oxygen atoms in total. The van der Waals surface area contributed by atoms with Crippen molar-refractivity contribution in [2.45, 2.75) is 37.5 Å². The van der Waals surface area contributed by atoms with Crippen LogP contribution in [0, 0.1) is 11.7 Å². The van der Waals surface area contributed by atoms with E-state index in [0.29, 0.717) is 25.3 Å². The van der Waals surface area contributed by atoms with Crippen LogP contribution in [0.2, 0.25) is 0 Å². The fourth-order valence-electron chi connectivity index (χ4n) is 3.35. The van der Waals surface area contributed by atoms with Gasteiger partial charge in [0, 0.05) is 18.8 Å². The van der Waals surface area contributed by atoms with E-state index in [1.54, 1.807) is 0 Å². The van der Waals surface area contributed by atoms with E-state index in [1.165, 1.54) is 16.4 Å². The van der Waals surface area contributed by atoms with Gasteiger partial charge in [-0.05, 0) is 60.7 Å². The highest BCUT2D eigenvalue weighted by Crippen LogP contribution is 2.25. The van der Waals surface area contributed by atoms with Crippen molar-refractivity contribution in [1.82, 2.24) is 4.31 Å². The second kappa shape index (κ2) is 8.41. The van der Waals surface area contributed by atoms with Crippen molar-refractivity contribution in [3.63, 3.8) is 0 Å². The largest absolute Gasteiger partial charge is 0.326 e. The molecule has 7 heteroatoms. The molecule has 0 radical (unpaired) electrons. The van der Waals surface area contributed by atoms with Gasteiger partial charge in [0.1, 0.15) is 5.82 Å². The molecule has 0 spiro atoms. The Morgan fingerprint density at radius 1 is 1.18 bits per heavy atom. The lowest BCUT2D eigenvalue weighted by Gasteiger charge is -2.31. The molecule has 1 atom stereocenters. The highest BCUT2D eigenvalue weighted by Gasteiger charge is 2.33. The first-order chi connectivity index (χ1) is 13.3. The number of amides is 1. The summed E-state index contributed by atoms with van der Waals surface area (Å²) in [6, 6.07) is 12.5. The first kappa shape index (κ1) is 20.5. The Morgan fingerprint density at radius 2 is 1.89 bits per heavy atom. The predicted octanol–water partition coefficient (Wildman–Crippen LogP) is 3.99. The molecule has 0 bridgehead atoms. The minimum atomic E-state index is -3.75. The fraction of sp³-hybridized carbons (Fsp3) is 0.381. The molecule has 2 aromatic carbocycles.